The number of rotatable bonds is 4. The van der Waals surface area contributed by atoms with Gasteiger partial charge in [-0.3, -0.25) is 14.4 Å². The summed E-state index contributed by atoms with van der Waals surface area (Å²) in [5.74, 6) is 0.0965. The average Bonchev–Trinajstić information content (AvgIpc) is 2.25. The minimum atomic E-state index is -0.576. The second-order valence-corrected chi connectivity index (χ2v) is 3.93. The molecule has 0 radical (unpaired) electrons. The van der Waals surface area contributed by atoms with Gasteiger partial charge in [0, 0.05) is 5.92 Å². The van der Waals surface area contributed by atoms with Crippen molar-refractivity contribution in [3.8, 4) is 0 Å². The molecule has 0 aromatic carbocycles. The van der Waals surface area contributed by atoms with Crippen LogP contribution in [0.15, 0.2) is 4.79 Å². The van der Waals surface area contributed by atoms with Gasteiger partial charge in [0.15, 0.2) is 0 Å². The maximum atomic E-state index is 11.8. The van der Waals surface area contributed by atoms with Crippen molar-refractivity contribution in [3.63, 3.8) is 0 Å². The molecule has 1 aromatic rings. The summed E-state index contributed by atoms with van der Waals surface area (Å²) in [6, 6.07) is 0. The predicted octanol–water partition coefficient (Wildman–Crippen LogP) is 0.883. The lowest BCUT2D eigenvalue weighted by Gasteiger charge is -2.09. The molecule has 1 heterocycles. The molecular weight excluding hydrogens is 222 g/mol. The van der Waals surface area contributed by atoms with Gasteiger partial charge in [-0.25, -0.2) is 10.5 Å². The highest BCUT2D eigenvalue weighted by Gasteiger charge is 2.17. The van der Waals surface area contributed by atoms with Gasteiger partial charge in [0.25, 0.3) is 11.5 Å². The first-order valence-electron chi connectivity index (χ1n) is 5.50. The summed E-state index contributed by atoms with van der Waals surface area (Å²) < 4.78 is 0. The summed E-state index contributed by atoms with van der Waals surface area (Å²) >= 11 is 0. The Morgan fingerprint density at radius 2 is 2.18 bits per heavy atom. The van der Waals surface area contributed by atoms with Crippen molar-refractivity contribution in [2.24, 2.45) is 0 Å². The van der Waals surface area contributed by atoms with Gasteiger partial charge in [0.2, 0.25) is 0 Å². The summed E-state index contributed by atoms with van der Waals surface area (Å²) in [6.07, 6.45) is 0. The smallest absolute Gasteiger partial charge is 0.282 e. The molecule has 2 N–H and O–H groups in total. The highest BCUT2D eigenvalue weighted by Crippen LogP contribution is 2.08. The maximum Gasteiger partial charge on any atom is 0.282 e. The number of hydrogen-bond donors (Lipinski definition) is 2. The zero-order chi connectivity index (χ0) is 13.0. The first-order valence-corrected chi connectivity index (χ1v) is 5.50. The number of aryl methyl sites for hydroxylation is 1. The lowest BCUT2D eigenvalue weighted by atomic mass is 10.1. The molecule has 0 unspecified atom stereocenters. The minimum absolute atomic E-state index is 0.0112. The maximum absolute atomic E-state index is 11.8. The van der Waals surface area contributed by atoms with E-state index in [2.05, 4.69) is 15.4 Å². The Morgan fingerprint density at radius 1 is 1.53 bits per heavy atom. The molecule has 0 atom stereocenters. The van der Waals surface area contributed by atoms with E-state index in [-0.39, 0.29) is 11.5 Å². The molecule has 0 saturated heterocycles. The normalized spacial score (nSPS) is 10.6. The van der Waals surface area contributed by atoms with E-state index in [0.717, 1.165) is 0 Å². The van der Waals surface area contributed by atoms with Crippen molar-refractivity contribution >= 4 is 5.91 Å². The summed E-state index contributed by atoms with van der Waals surface area (Å²) in [7, 11) is 0. The zero-order valence-electron chi connectivity index (χ0n) is 10.5. The fourth-order valence-corrected chi connectivity index (χ4v) is 1.34. The van der Waals surface area contributed by atoms with Gasteiger partial charge in [0.05, 0.1) is 12.3 Å². The molecule has 0 bridgehead atoms. The molecule has 0 spiro atoms. The average molecular weight is 239 g/mol. The van der Waals surface area contributed by atoms with E-state index in [1.165, 1.54) is 0 Å². The Balaban J connectivity index is 3.10. The van der Waals surface area contributed by atoms with Crippen molar-refractivity contribution in [2.45, 2.75) is 33.6 Å². The van der Waals surface area contributed by atoms with Crippen molar-refractivity contribution in [2.75, 3.05) is 6.61 Å². The fraction of sp³-hybridized carbons (Fsp3) is 0.545. The molecule has 0 fully saturated rings. The summed E-state index contributed by atoms with van der Waals surface area (Å²) in [5, 5.41) is 0. The number of hydroxylamine groups is 1. The number of carbonyl (C=O) groups excluding carboxylic acids is 1. The molecule has 1 aromatic heterocycles. The quantitative estimate of drug-likeness (QED) is 0.764. The number of aromatic nitrogens is 2. The molecule has 17 heavy (non-hydrogen) atoms. The standard InChI is InChI=1S/C11H17N3O3/c1-5-17-14-11(16)8-7(4)12-9(6(2)3)13-10(8)15/h6H,5H2,1-4H3,(H,14,16)(H,12,13,15). The Bertz CT molecular complexity index is 466. The van der Waals surface area contributed by atoms with Crippen molar-refractivity contribution in [1.29, 1.82) is 0 Å². The lowest BCUT2D eigenvalue weighted by Crippen LogP contribution is -2.32. The summed E-state index contributed by atoms with van der Waals surface area (Å²) in [5.41, 5.74) is 2.12. The molecule has 94 valence electrons. The first-order chi connectivity index (χ1) is 7.97. The van der Waals surface area contributed by atoms with Gasteiger partial charge < -0.3 is 4.98 Å². The van der Waals surface area contributed by atoms with Crippen molar-refractivity contribution in [1.82, 2.24) is 15.4 Å². The van der Waals surface area contributed by atoms with Crippen molar-refractivity contribution in [3.05, 3.63) is 27.4 Å². The van der Waals surface area contributed by atoms with Gasteiger partial charge in [-0.15, -0.1) is 0 Å². The zero-order valence-corrected chi connectivity index (χ0v) is 10.5. The molecule has 0 saturated carbocycles. The topological polar surface area (TPSA) is 84.1 Å². The third-order valence-electron chi connectivity index (χ3n) is 2.20. The number of carbonyl (C=O) groups is 1. The molecule has 6 heteroatoms. The van der Waals surface area contributed by atoms with Crippen LogP contribution in [-0.2, 0) is 4.84 Å². The van der Waals surface area contributed by atoms with Crippen LogP contribution in [0.5, 0.6) is 0 Å². The van der Waals surface area contributed by atoms with Gasteiger partial charge in [0.1, 0.15) is 11.4 Å². The van der Waals surface area contributed by atoms with Crippen LogP contribution in [0.3, 0.4) is 0 Å². The third kappa shape index (κ3) is 3.13. The molecule has 6 nitrogen and oxygen atoms in total. The first kappa shape index (κ1) is 13.4. The van der Waals surface area contributed by atoms with Crippen LogP contribution in [0, 0.1) is 6.92 Å². The van der Waals surface area contributed by atoms with Gasteiger partial charge in [-0.2, -0.15) is 0 Å². The molecule has 0 aliphatic heterocycles. The monoisotopic (exact) mass is 239 g/mol. The Kier molecular flexibility index (Phi) is 4.39. The van der Waals surface area contributed by atoms with Gasteiger partial charge in [-0.05, 0) is 13.8 Å². The molecule has 0 aliphatic carbocycles. The number of aromatic amines is 1. The van der Waals surface area contributed by atoms with E-state index in [1.54, 1.807) is 13.8 Å². The second-order valence-electron chi connectivity index (χ2n) is 3.93. The van der Waals surface area contributed by atoms with Crippen LogP contribution in [-0.4, -0.2) is 22.5 Å². The lowest BCUT2D eigenvalue weighted by molar-refractivity contribution is 0.0362. The Morgan fingerprint density at radius 3 is 2.65 bits per heavy atom. The fourth-order valence-electron chi connectivity index (χ4n) is 1.34. The highest BCUT2D eigenvalue weighted by molar-refractivity contribution is 5.94. The van der Waals surface area contributed by atoms with Crippen molar-refractivity contribution < 1.29 is 9.63 Å². The van der Waals surface area contributed by atoms with Gasteiger partial charge >= 0.3 is 0 Å². The molecule has 1 rings (SSSR count). The van der Waals surface area contributed by atoms with E-state index in [4.69, 9.17) is 4.84 Å². The third-order valence-corrected chi connectivity index (χ3v) is 2.20. The van der Waals surface area contributed by atoms with Crippen LogP contribution in [0.4, 0.5) is 0 Å². The van der Waals surface area contributed by atoms with Crippen LogP contribution in [0.25, 0.3) is 0 Å². The van der Waals surface area contributed by atoms with Crippen LogP contribution >= 0.6 is 0 Å². The van der Waals surface area contributed by atoms with E-state index in [1.807, 2.05) is 13.8 Å². The van der Waals surface area contributed by atoms with Gasteiger partial charge in [-0.1, -0.05) is 13.8 Å². The van der Waals surface area contributed by atoms with E-state index < -0.39 is 11.5 Å². The Hall–Kier alpha value is -1.69. The number of H-pyrrole nitrogens is 1. The van der Waals surface area contributed by atoms with Crippen LogP contribution < -0.4 is 11.0 Å². The Labute approximate surface area is 99.4 Å². The largest absolute Gasteiger partial charge is 0.310 e. The van der Waals surface area contributed by atoms with E-state index in [0.29, 0.717) is 18.1 Å². The van der Waals surface area contributed by atoms with Crippen LogP contribution in [0.1, 0.15) is 48.6 Å². The van der Waals surface area contributed by atoms with E-state index in [9.17, 15) is 9.59 Å². The number of hydrogen-bond acceptors (Lipinski definition) is 4. The molecule has 1 amide bonds. The minimum Gasteiger partial charge on any atom is -0.310 e. The predicted molar refractivity (Wildman–Crippen MR) is 62.8 cm³/mol. The summed E-state index contributed by atoms with van der Waals surface area (Å²) in [4.78, 5) is 34.9. The second kappa shape index (κ2) is 5.58. The van der Waals surface area contributed by atoms with E-state index >= 15 is 0 Å². The SMILES string of the molecule is CCONC(=O)c1c(C)nc(C(C)C)[nH]c1=O. The summed E-state index contributed by atoms with van der Waals surface area (Å²) in [6.45, 7) is 7.52. The molecular formula is C11H17N3O3. The number of nitrogens with one attached hydrogen (secondary N) is 2. The molecule has 0 aliphatic rings. The highest BCUT2D eigenvalue weighted by atomic mass is 16.6. The number of nitrogens with zero attached hydrogens (tertiary/aromatic N) is 1. The van der Waals surface area contributed by atoms with Crippen LogP contribution in [0.2, 0.25) is 0 Å². The number of amides is 1.